The summed E-state index contributed by atoms with van der Waals surface area (Å²) in [6, 6.07) is 5.72. The fourth-order valence-electron chi connectivity index (χ4n) is 0.313. The molecular formula is C7H13CoN12. The van der Waals surface area contributed by atoms with Crippen molar-refractivity contribution in [1.82, 2.24) is 4.98 Å². The smallest absolute Gasteiger partial charge is 0.373 e. The first-order valence-corrected chi connectivity index (χ1v) is 4.37. The van der Waals surface area contributed by atoms with E-state index in [0.717, 1.165) is 0 Å². The van der Waals surface area contributed by atoms with Gasteiger partial charge >= 0.3 is 16.8 Å². The fraction of sp³-hybridized carbons (Fsp3) is 0.286. The van der Waals surface area contributed by atoms with Crippen molar-refractivity contribution in [2.24, 2.45) is 11.5 Å². The van der Waals surface area contributed by atoms with Crippen molar-refractivity contribution >= 4 is 0 Å². The molecule has 0 radical (unpaired) electrons. The summed E-state index contributed by atoms with van der Waals surface area (Å²) in [6.07, 6.45) is 3.50. The van der Waals surface area contributed by atoms with E-state index in [9.17, 15) is 0 Å². The minimum absolute atomic E-state index is 0. The minimum atomic E-state index is 0. The molecule has 12 nitrogen and oxygen atoms in total. The van der Waals surface area contributed by atoms with Crippen LogP contribution in [0.4, 0.5) is 0 Å². The Morgan fingerprint density at radius 3 is 1.00 bits per heavy atom. The second-order valence-electron chi connectivity index (χ2n) is 1.87. The standard InChI is InChI=1S/C5H5N.C2H8N2.Co.3N3/c1-2-4-6-5-3-1;3-1-2-4;;3*1-3-2/h1-5H;1-4H2;;;;/q;;+3;3*-1. The molecular weight excluding hydrogens is 311 g/mol. The van der Waals surface area contributed by atoms with Gasteiger partial charge in [0.2, 0.25) is 0 Å². The molecule has 0 atom stereocenters. The first-order valence-electron chi connectivity index (χ1n) is 4.37. The average Bonchev–Trinajstić information content (AvgIpc) is 2.44. The number of hydrogen-bond donors (Lipinski definition) is 2. The van der Waals surface area contributed by atoms with Crippen LogP contribution in [0.15, 0.2) is 30.6 Å². The zero-order chi connectivity index (χ0) is 15.8. The van der Waals surface area contributed by atoms with E-state index in [-0.39, 0.29) is 16.8 Å². The molecule has 0 saturated carbocycles. The normalized spacial score (nSPS) is 5.10. The molecule has 0 bridgehead atoms. The van der Waals surface area contributed by atoms with Crippen LogP contribution in [-0.4, -0.2) is 18.1 Å². The van der Waals surface area contributed by atoms with Gasteiger partial charge in [0.05, 0.1) is 0 Å². The molecule has 4 N–H and O–H groups in total. The Hall–Kier alpha value is -2.49. The quantitative estimate of drug-likeness (QED) is 0.449. The third-order valence-electron chi connectivity index (χ3n) is 0.733. The Labute approximate surface area is 125 Å². The second-order valence-corrected chi connectivity index (χ2v) is 1.87. The summed E-state index contributed by atoms with van der Waals surface area (Å²) in [5.74, 6) is 0. The zero-order valence-electron chi connectivity index (χ0n) is 10.3. The van der Waals surface area contributed by atoms with Crippen LogP contribution in [0.3, 0.4) is 0 Å². The molecule has 1 aromatic heterocycles. The molecule has 0 saturated heterocycles. The molecule has 110 valence electrons. The van der Waals surface area contributed by atoms with Crippen molar-refractivity contribution in [1.29, 1.82) is 0 Å². The van der Waals surface area contributed by atoms with Gasteiger partial charge in [-0.1, -0.05) is 6.07 Å². The maximum Gasteiger partial charge on any atom is 3.00 e. The minimum Gasteiger partial charge on any atom is -0.373 e. The Bertz CT molecular complexity index is 279. The predicted octanol–water partition coefficient (Wildman–Crippen LogP) is 2.58. The maximum atomic E-state index is 6.75. The third-order valence-corrected chi connectivity index (χ3v) is 0.733. The SMILES string of the molecule is NCCN.[Co+3].[N-]=[N+]=[N-].[N-]=[N+]=[N-].[N-]=[N+]=[N-].c1ccncc1. The molecule has 0 aliphatic rings. The molecule has 0 spiro atoms. The van der Waals surface area contributed by atoms with Gasteiger partial charge in [-0.05, 0) is 12.1 Å². The first kappa shape index (κ1) is 30.5. The molecule has 0 aliphatic carbocycles. The van der Waals surface area contributed by atoms with E-state index in [4.69, 9.17) is 44.7 Å². The van der Waals surface area contributed by atoms with E-state index >= 15 is 0 Å². The Balaban J connectivity index is -0.0000000485. The molecule has 20 heavy (non-hydrogen) atoms. The van der Waals surface area contributed by atoms with E-state index in [1.54, 1.807) is 12.4 Å². The van der Waals surface area contributed by atoms with Gasteiger partial charge in [-0.15, -0.1) is 0 Å². The van der Waals surface area contributed by atoms with Gasteiger partial charge in [0.25, 0.3) is 0 Å². The average molecular weight is 324 g/mol. The van der Waals surface area contributed by atoms with Crippen molar-refractivity contribution in [3.8, 4) is 0 Å². The molecule has 1 aromatic rings. The van der Waals surface area contributed by atoms with E-state index in [2.05, 4.69) is 4.98 Å². The third kappa shape index (κ3) is 161. The second kappa shape index (κ2) is 54.9. The summed E-state index contributed by atoms with van der Waals surface area (Å²) in [5, 5.41) is 0. The fourth-order valence-corrected chi connectivity index (χ4v) is 0.313. The topological polar surface area (TPSA) is 241 Å². The molecule has 0 unspecified atom stereocenters. The van der Waals surface area contributed by atoms with Crippen LogP contribution in [0.25, 0.3) is 47.9 Å². The van der Waals surface area contributed by atoms with Crippen LogP contribution in [0.2, 0.25) is 0 Å². The number of pyridine rings is 1. The largest absolute Gasteiger partial charge is 3.00 e. The monoisotopic (exact) mass is 324 g/mol. The van der Waals surface area contributed by atoms with Gasteiger partial charge in [-0.25, -0.2) is 0 Å². The Morgan fingerprint density at radius 2 is 0.950 bits per heavy atom. The van der Waals surface area contributed by atoms with Crippen molar-refractivity contribution in [2.45, 2.75) is 0 Å². The number of nitrogens with zero attached hydrogens (tertiary/aromatic N) is 10. The Morgan fingerprint density at radius 1 is 0.700 bits per heavy atom. The molecule has 0 aromatic carbocycles. The van der Waals surface area contributed by atoms with Gasteiger partial charge in [-0.3, -0.25) is 19.7 Å². The summed E-state index contributed by atoms with van der Waals surface area (Å²) in [4.78, 5) is 8.28. The van der Waals surface area contributed by atoms with Crippen molar-refractivity contribution in [3.05, 3.63) is 78.5 Å². The van der Waals surface area contributed by atoms with Crippen molar-refractivity contribution in [3.63, 3.8) is 0 Å². The molecule has 1 rings (SSSR count). The van der Waals surface area contributed by atoms with Gasteiger partial charge in [0.1, 0.15) is 0 Å². The maximum absolute atomic E-state index is 6.75. The molecule has 0 amide bonds. The van der Waals surface area contributed by atoms with Crippen LogP contribution in [0.5, 0.6) is 0 Å². The van der Waals surface area contributed by atoms with Gasteiger partial charge in [-0.2, -0.15) is 0 Å². The van der Waals surface area contributed by atoms with Gasteiger partial charge < -0.3 is 44.7 Å². The summed E-state index contributed by atoms with van der Waals surface area (Å²) in [5.41, 5.74) is 50.3. The summed E-state index contributed by atoms with van der Waals surface area (Å²) < 4.78 is 0. The molecule has 1 heterocycles. The zero-order valence-corrected chi connectivity index (χ0v) is 11.3. The van der Waals surface area contributed by atoms with E-state index in [1.165, 1.54) is 14.7 Å². The van der Waals surface area contributed by atoms with Crippen LogP contribution in [0.1, 0.15) is 0 Å². The number of hydrogen-bond acceptors (Lipinski definition) is 3. The first-order chi connectivity index (χ1) is 9.16. The van der Waals surface area contributed by atoms with Crippen LogP contribution in [0, 0.1) is 0 Å². The van der Waals surface area contributed by atoms with Crippen LogP contribution in [-0.2, 0) is 16.8 Å². The molecule has 0 fully saturated rings. The number of nitrogens with two attached hydrogens (primary N) is 2. The predicted molar refractivity (Wildman–Crippen MR) is 72.6 cm³/mol. The van der Waals surface area contributed by atoms with Crippen molar-refractivity contribution in [2.75, 3.05) is 13.1 Å². The van der Waals surface area contributed by atoms with Crippen LogP contribution < -0.4 is 11.5 Å². The van der Waals surface area contributed by atoms with E-state index in [1.807, 2.05) is 18.2 Å². The molecule has 0 aliphatic heterocycles. The van der Waals surface area contributed by atoms with E-state index in [0.29, 0.717) is 13.1 Å². The number of aromatic nitrogens is 1. The van der Waals surface area contributed by atoms with Crippen LogP contribution >= 0.6 is 0 Å². The number of rotatable bonds is 1. The van der Waals surface area contributed by atoms with Gasteiger partial charge in [0.15, 0.2) is 0 Å². The summed E-state index contributed by atoms with van der Waals surface area (Å²) in [7, 11) is 0. The molecule has 13 heteroatoms. The van der Waals surface area contributed by atoms with Crippen molar-refractivity contribution < 1.29 is 16.8 Å². The summed E-state index contributed by atoms with van der Waals surface area (Å²) in [6.45, 7) is 1.19. The van der Waals surface area contributed by atoms with E-state index < -0.39 is 0 Å². The van der Waals surface area contributed by atoms with Gasteiger partial charge in [0, 0.05) is 25.5 Å². The Kier molecular flexibility index (Phi) is 83.6. The summed E-state index contributed by atoms with van der Waals surface area (Å²) >= 11 is 0.